The van der Waals surface area contributed by atoms with Crippen molar-refractivity contribution in [2.75, 3.05) is 0 Å². The summed E-state index contributed by atoms with van der Waals surface area (Å²) < 4.78 is 25.3. The molecule has 0 radical (unpaired) electrons. The third-order valence-corrected chi connectivity index (χ3v) is 1.98. The summed E-state index contributed by atoms with van der Waals surface area (Å²) >= 11 is 0. The van der Waals surface area contributed by atoms with E-state index in [1.165, 1.54) is 0 Å². The Kier molecular flexibility index (Phi) is 3.18. The number of hydrogen-bond donors (Lipinski definition) is 2. The molecule has 78 valence electrons. The molecule has 1 aromatic carbocycles. The SMILES string of the molecule is CCCC(O)(O)c1ccc(F)c(F)c1. The van der Waals surface area contributed by atoms with Gasteiger partial charge in [0.2, 0.25) is 0 Å². The highest BCUT2D eigenvalue weighted by Gasteiger charge is 2.25. The summed E-state index contributed by atoms with van der Waals surface area (Å²) in [5.41, 5.74) is -0.0294. The van der Waals surface area contributed by atoms with E-state index in [1.54, 1.807) is 6.92 Å². The van der Waals surface area contributed by atoms with Gasteiger partial charge in [0.05, 0.1) is 0 Å². The minimum atomic E-state index is -2.08. The van der Waals surface area contributed by atoms with Crippen LogP contribution in [0.2, 0.25) is 0 Å². The van der Waals surface area contributed by atoms with Crippen molar-refractivity contribution in [1.82, 2.24) is 0 Å². The van der Waals surface area contributed by atoms with E-state index in [2.05, 4.69) is 0 Å². The van der Waals surface area contributed by atoms with Gasteiger partial charge in [0.1, 0.15) is 0 Å². The predicted molar refractivity (Wildman–Crippen MR) is 47.4 cm³/mol. The molecule has 0 aliphatic rings. The summed E-state index contributed by atoms with van der Waals surface area (Å²) in [5.74, 6) is -4.16. The predicted octanol–water partition coefficient (Wildman–Crippen LogP) is 1.90. The monoisotopic (exact) mass is 202 g/mol. The van der Waals surface area contributed by atoms with Crippen LogP contribution in [0.3, 0.4) is 0 Å². The van der Waals surface area contributed by atoms with Gasteiger partial charge in [-0.2, -0.15) is 0 Å². The Morgan fingerprint density at radius 3 is 2.36 bits per heavy atom. The van der Waals surface area contributed by atoms with Crippen molar-refractivity contribution in [2.45, 2.75) is 25.6 Å². The molecule has 1 aromatic rings. The summed E-state index contributed by atoms with van der Waals surface area (Å²) in [6, 6.07) is 2.83. The molecule has 4 heteroatoms. The second kappa shape index (κ2) is 4.02. The van der Waals surface area contributed by atoms with Crippen LogP contribution in [0.4, 0.5) is 8.78 Å². The van der Waals surface area contributed by atoms with Crippen LogP contribution in [0.25, 0.3) is 0 Å². The Hall–Kier alpha value is -1.00. The van der Waals surface area contributed by atoms with Gasteiger partial charge in [0.15, 0.2) is 17.4 Å². The molecule has 1 rings (SSSR count). The Balaban J connectivity index is 3.01. The first-order chi connectivity index (χ1) is 6.47. The normalized spacial score (nSPS) is 11.8. The van der Waals surface area contributed by atoms with Crippen molar-refractivity contribution in [3.8, 4) is 0 Å². The maximum absolute atomic E-state index is 12.8. The van der Waals surface area contributed by atoms with E-state index in [0.717, 1.165) is 18.2 Å². The van der Waals surface area contributed by atoms with Gasteiger partial charge in [0, 0.05) is 12.0 Å². The molecule has 14 heavy (non-hydrogen) atoms. The molecular formula is C10H12F2O2. The molecule has 2 nitrogen and oxygen atoms in total. The first kappa shape index (κ1) is 11.1. The fraction of sp³-hybridized carbons (Fsp3) is 0.400. The summed E-state index contributed by atoms with van der Waals surface area (Å²) in [5, 5.41) is 18.9. The zero-order valence-corrected chi connectivity index (χ0v) is 7.80. The molecule has 0 heterocycles. The quantitative estimate of drug-likeness (QED) is 0.735. The lowest BCUT2D eigenvalue weighted by Gasteiger charge is -2.21. The Morgan fingerprint density at radius 2 is 1.86 bits per heavy atom. The fourth-order valence-electron chi connectivity index (χ4n) is 1.24. The van der Waals surface area contributed by atoms with E-state index in [4.69, 9.17) is 0 Å². The van der Waals surface area contributed by atoms with Crippen LogP contribution in [0, 0.1) is 11.6 Å². The molecular weight excluding hydrogens is 190 g/mol. The maximum Gasteiger partial charge on any atom is 0.189 e. The first-order valence-electron chi connectivity index (χ1n) is 4.37. The van der Waals surface area contributed by atoms with Crippen LogP contribution in [0.1, 0.15) is 25.3 Å². The summed E-state index contributed by atoms with van der Waals surface area (Å²) in [7, 11) is 0. The second-order valence-corrected chi connectivity index (χ2v) is 3.20. The van der Waals surface area contributed by atoms with Gasteiger partial charge >= 0.3 is 0 Å². The average Bonchev–Trinajstić information content (AvgIpc) is 2.09. The molecule has 2 N–H and O–H groups in total. The molecule has 0 aromatic heterocycles. The van der Waals surface area contributed by atoms with Gasteiger partial charge in [-0.3, -0.25) is 0 Å². The van der Waals surface area contributed by atoms with E-state index >= 15 is 0 Å². The van der Waals surface area contributed by atoms with Crippen molar-refractivity contribution >= 4 is 0 Å². The van der Waals surface area contributed by atoms with Crippen LogP contribution in [-0.2, 0) is 5.79 Å². The van der Waals surface area contributed by atoms with E-state index < -0.39 is 17.4 Å². The van der Waals surface area contributed by atoms with Crippen molar-refractivity contribution in [3.63, 3.8) is 0 Å². The van der Waals surface area contributed by atoms with Gasteiger partial charge in [-0.1, -0.05) is 19.4 Å². The van der Waals surface area contributed by atoms with Gasteiger partial charge in [-0.25, -0.2) is 8.78 Å². The number of halogens is 2. The minimum Gasteiger partial charge on any atom is -0.362 e. The van der Waals surface area contributed by atoms with Crippen LogP contribution >= 0.6 is 0 Å². The molecule has 0 atom stereocenters. The lowest BCUT2D eigenvalue weighted by Crippen LogP contribution is -2.24. The largest absolute Gasteiger partial charge is 0.362 e. The Morgan fingerprint density at radius 1 is 1.21 bits per heavy atom. The highest BCUT2D eigenvalue weighted by molar-refractivity contribution is 5.21. The van der Waals surface area contributed by atoms with Gasteiger partial charge in [0.25, 0.3) is 0 Å². The molecule has 0 fully saturated rings. The van der Waals surface area contributed by atoms with Gasteiger partial charge in [-0.05, 0) is 12.1 Å². The molecule has 0 amide bonds. The number of hydrogen-bond acceptors (Lipinski definition) is 2. The molecule has 0 aliphatic carbocycles. The molecule has 0 aliphatic heterocycles. The van der Waals surface area contributed by atoms with Crippen molar-refractivity contribution < 1.29 is 19.0 Å². The van der Waals surface area contributed by atoms with E-state index in [-0.39, 0.29) is 12.0 Å². The smallest absolute Gasteiger partial charge is 0.189 e. The third-order valence-electron chi connectivity index (χ3n) is 1.98. The highest BCUT2D eigenvalue weighted by Crippen LogP contribution is 2.24. The van der Waals surface area contributed by atoms with E-state index in [0.29, 0.717) is 6.42 Å². The Labute approximate surface area is 80.8 Å². The van der Waals surface area contributed by atoms with Crippen molar-refractivity contribution in [1.29, 1.82) is 0 Å². The standard InChI is InChI=1S/C10H12F2O2/c1-2-5-10(13,14)7-3-4-8(11)9(12)6-7/h3-4,6,13-14H,2,5H2,1H3. The zero-order chi connectivity index (χ0) is 10.8. The van der Waals surface area contributed by atoms with Crippen LogP contribution < -0.4 is 0 Å². The van der Waals surface area contributed by atoms with Crippen LogP contribution in [-0.4, -0.2) is 10.2 Å². The summed E-state index contributed by atoms with van der Waals surface area (Å²) in [6.07, 6.45) is 0.615. The zero-order valence-electron chi connectivity index (χ0n) is 7.80. The molecule has 0 bridgehead atoms. The second-order valence-electron chi connectivity index (χ2n) is 3.20. The maximum atomic E-state index is 12.8. The highest BCUT2D eigenvalue weighted by atomic mass is 19.2. The molecule has 0 spiro atoms. The third kappa shape index (κ3) is 2.27. The Bertz CT molecular complexity index is 324. The van der Waals surface area contributed by atoms with Crippen LogP contribution in [0.15, 0.2) is 18.2 Å². The topological polar surface area (TPSA) is 40.5 Å². The number of benzene rings is 1. The van der Waals surface area contributed by atoms with Crippen molar-refractivity contribution in [2.24, 2.45) is 0 Å². The van der Waals surface area contributed by atoms with E-state index in [1.807, 2.05) is 0 Å². The molecule has 0 saturated carbocycles. The first-order valence-corrected chi connectivity index (χ1v) is 4.37. The lowest BCUT2D eigenvalue weighted by atomic mass is 10.0. The average molecular weight is 202 g/mol. The summed E-state index contributed by atoms with van der Waals surface area (Å²) in [4.78, 5) is 0. The molecule has 0 unspecified atom stereocenters. The molecule has 0 saturated heterocycles. The van der Waals surface area contributed by atoms with Crippen LogP contribution in [0.5, 0.6) is 0 Å². The number of rotatable bonds is 3. The summed E-state index contributed by atoms with van der Waals surface area (Å²) in [6.45, 7) is 1.76. The lowest BCUT2D eigenvalue weighted by molar-refractivity contribution is -0.174. The number of aliphatic hydroxyl groups is 2. The van der Waals surface area contributed by atoms with E-state index in [9.17, 15) is 19.0 Å². The van der Waals surface area contributed by atoms with Crippen molar-refractivity contribution in [3.05, 3.63) is 35.4 Å². The minimum absolute atomic E-state index is 0.0294. The van der Waals surface area contributed by atoms with Gasteiger partial charge in [-0.15, -0.1) is 0 Å². The van der Waals surface area contributed by atoms with Gasteiger partial charge < -0.3 is 10.2 Å². The fourth-order valence-corrected chi connectivity index (χ4v) is 1.24.